The van der Waals surface area contributed by atoms with Gasteiger partial charge in [0, 0.05) is 51.8 Å². The molecule has 3 nitrogen and oxygen atoms in total. The van der Waals surface area contributed by atoms with Gasteiger partial charge in [-0.2, -0.15) is 0 Å². The van der Waals surface area contributed by atoms with Crippen LogP contribution in [-0.2, 0) is 0 Å². The van der Waals surface area contributed by atoms with Gasteiger partial charge in [0.1, 0.15) is 0 Å². The van der Waals surface area contributed by atoms with Crippen molar-refractivity contribution in [3.8, 4) is 0 Å². The Morgan fingerprint density at radius 2 is 1.13 bits per heavy atom. The molecule has 0 radical (unpaired) electrons. The molecule has 160 valence electrons. The molecular formula is C26H32ClN3-2. The molecule has 0 atom stereocenters. The lowest BCUT2D eigenvalue weighted by Gasteiger charge is -2.28. The fourth-order valence-corrected chi connectivity index (χ4v) is 3.56. The predicted molar refractivity (Wildman–Crippen MR) is 127 cm³/mol. The van der Waals surface area contributed by atoms with Crippen molar-refractivity contribution in [2.24, 2.45) is 0 Å². The van der Waals surface area contributed by atoms with Gasteiger partial charge in [0.15, 0.2) is 0 Å². The molecule has 1 N–H and O–H groups in total. The molecule has 0 heterocycles. The second kappa shape index (κ2) is 10.3. The van der Waals surface area contributed by atoms with E-state index in [9.17, 15) is 0 Å². The van der Waals surface area contributed by atoms with Crippen LogP contribution in [0.2, 0.25) is 0 Å². The molecule has 0 aromatic heterocycles. The van der Waals surface area contributed by atoms with E-state index < -0.39 is 0 Å². The molecule has 0 aliphatic heterocycles. The average Bonchev–Trinajstić information content (AvgIpc) is 2.71. The number of aryl methyl sites for hydroxylation is 1. The van der Waals surface area contributed by atoms with Crippen molar-refractivity contribution in [1.82, 2.24) is 0 Å². The van der Waals surface area contributed by atoms with Gasteiger partial charge in [0.2, 0.25) is 0 Å². The van der Waals surface area contributed by atoms with Crippen molar-refractivity contribution >= 4 is 17.1 Å². The number of halogens is 1. The summed E-state index contributed by atoms with van der Waals surface area (Å²) >= 11 is 0. The third-order valence-corrected chi connectivity index (χ3v) is 5.23. The van der Waals surface area contributed by atoms with Crippen molar-refractivity contribution in [2.45, 2.75) is 13.8 Å². The van der Waals surface area contributed by atoms with Crippen LogP contribution in [-0.4, -0.2) is 34.7 Å². The van der Waals surface area contributed by atoms with Gasteiger partial charge in [0.05, 0.1) is 0 Å². The second-order valence-corrected chi connectivity index (χ2v) is 7.82. The van der Waals surface area contributed by atoms with Crippen molar-refractivity contribution in [2.75, 3.05) is 49.9 Å². The zero-order valence-corrected chi connectivity index (χ0v) is 19.6. The van der Waals surface area contributed by atoms with Gasteiger partial charge < -0.3 is 27.5 Å². The first-order valence-corrected chi connectivity index (χ1v) is 10.2. The Labute approximate surface area is 188 Å². The lowest BCUT2D eigenvalue weighted by Crippen LogP contribution is -3.00. The highest BCUT2D eigenvalue weighted by atomic mass is 35.5. The molecule has 0 saturated carbocycles. The van der Waals surface area contributed by atoms with Crippen LogP contribution in [0.25, 0.3) is 0 Å². The number of benzene rings is 3. The fourth-order valence-electron chi connectivity index (χ4n) is 3.56. The second-order valence-electron chi connectivity index (χ2n) is 7.82. The molecule has 0 saturated heterocycles. The highest BCUT2D eigenvalue weighted by Gasteiger charge is 2.12. The van der Waals surface area contributed by atoms with Gasteiger partial charge in [-0.15, -0.1) is 0 Å². The summed E-state index contributed by atoms with van der Waals surface area (Å²) in [6.07, 6.45) is 0. The maximum Gasteiger partial charge on any atom is 0.0261 e. The molecule has 0 unspecified atom stereocenters. The van der Waals surface area contributed by atoms with Crippen LogP contribution in [0.1, 0.15) is 29.2 Å². The number of nitrogens with zero attached hydrogens (tertiary/aromatic N) is 2. The predicted octanol–water partition coefficient (Wildman–Crippen LogP) is 2.58. The topological polar surface area (TPSA) is 18.5 Å². The Morgan fingerprint density at radius 3 is 1.50 bits per heavy atom. The number of anilines is 3. The average molecular weight is 422 g/mol. The molecular weight excluding hydrogens is 390 g/mol. The first kappa shape index (κ1) is 23.5. The van der Waals surface area contributed by atoms with Crippen LogP contribution >= 0.6 is 0 Å². The van der Waals surface area contributed by atoms with Gasteiger partial charge in [-0.05, 0) is 13.8 Å². The van der Waals surface area contributed by atoms with E-state index in [1.54, 1.807) is 0 Å². The van der Waals surface area contributed by atoms with E-state index >= 15 is 0 Å². The monoisotopic (exact) mass is 421 g/mol. The van der Waals surface area contributed by atoms with Crippen LogP contribution in [0, 0.1) is 12.8 Å². The van der Waals surface area contributed by atoms with Crippen molar-refractivity contribution in [3.05, 3.63) is 94.9 Å². The number of rotatable bonds is 7. The number of nitrogens with one attached hydrogen (secondary N) is 1. The highest BCUT2D eigenvalue weighted by Crippen LogP contribution is 2.34. The smallest absolute Gasteiger partial charge is 0.0261 e. The van der Waals surface area contributed by atoms with Crippen LogP contribution < -0.4 is 27.5 Å². The summed E-state index contributed by atoms with van der Waals surface area (Å²) in [5.41, 5.74) is 8.55. The molecule has 0 bridgehead atoms. The Morgan fingerprint density at radius 1 is 0.700 bits per heavy atom. The lowest BCUT2D eigenvalue weighted by atomic mass is 9.84. The van der Waals surface area contributed by atoms with E-state index in [0.717, 1.165) is 6.54 Å². The maximum atomic E-state index is 3.44. The Hall–Kier alpha value is -2.78. The standard InChI is InChI=1S/C26H32N3.ClH/c1-7-27-25-17-12-22(18-19(25)2)26(20-8-13-23(14-9-20)28(3)4)21-10-15-24(16-11-21)29(5)6;/h8-18,27H,7H2,1-6H3;1H/q-1;/p-1. The summed E-state index contributed by atoms with van der Waals surface area (Å²) in [5.74, 6) is 1.26. The summed E-state index contributed by atoms with van der Waals surface area (Å²) in [6.45, 7) is 5.22. The van der Waals surface area contributed by atoms with E-state index in [4.69, 9.17) is 0 Å². The fraction of sp³-hybridized carbons (Fsp3) is 0.269. The van der Waals surface area contributed by atoms with E-state index in [1.165, 1.54) is 45.2 Å². The van der Waals surface area contributed by atoms with Crippen molar-refractivity contribution < 1.29 is 12.4 Å². The maximum absolute atomic E-state index is 3.44. The molecule has 4 heteroatoms. The largest absolute Gasteiger partial charge is 1.00 e. The first-order valence-electron chi connectivity index (χ1n) is 10.2. The molecule has 0 spiro atoms. The molecule has 3 aromatic carbocycles. The summed E-state index contributed by atoms with van der Waals surface area (Å²) in [4.78, 5) is 4.26. The zero-order valence-electron chi connectivity index (χ0n) is 18.8. The minimum absolute atomic E-state index is 0. The van der Waals surface area contributed by atoms with E-state index in [-0.39, 0.29) is 12.4 Å². The van der Waals surface area contributed by atoms with E-state index in [0.29, 0.717) is 0 Å². The minimum atomic E-state index is 0. The highest BCUT2D eigenvalue weighted by molar-refractivity contribution is 5.64. The van der Waals surface area contributed by atoms with Gasteiger partial charge in [-0.25, -0.2) is 0 Å². The van der Waals surface area contributed by atoms with Crippen LogP contribution in [0.3, 0.4) is 0 Å². The third kappa shape index (κ3) is 5.22. The third-order valence-electron chi connectivity index (χ3n) is 5.23. The quantitative estimate of drug-likeness (QED) is 0.467. The summed E-state index contributed by atoms with van der Waals surface area (Å²) < 4.78 is 0. The minimum Gasteiger partial charge on any atom is -1.00 e. The Balaban J connectivity index is 0.00000320. The lowest BCUT2D eigenvalue weighted by molar-refractivity contribution is -0.00000602. The van der Waals surface area contributed by atoms with Gasteiger partial charge in [-0.1, -0.05) is 94.9 Å². The van der Waals surface area contributed by atoms with Crippen molar-refractivity contribution in [1.29, 1.82) is 0 Å². The molecule has 3 rings (SSSR count). The molecule has 0 amide bonds. The molecule has 3 aromatic rings. The van der Waals surface area contributed by atoms with E-state index in [2.05, 4.69) is 124 Å². The molecule has 0 fully saturated rings. The molecule has 0 aliphatic rings. The first-order chi connectivity index (χ1) is 13.9. The molecule has 30 heavy (non-hydrogen) atoms. The Kier molecular flexibility index (Phi) is 8.08. The van der Waals surface area contributed by atoms with Gasteiger partial charge in [-0.3, -0.25) is 0 Å². The number of hydrogen-bond donors (Lipinski definition) is 1. The number of hydrogen-bond acceptors (Lipinski definition) is 3. The zero-order chi connectivity index (χ0) is 21.0. The SMILES string of the molecule is CCNc1ccc([C-](c2ccc(N(C)C)cc2)c2ccc(N(C)C)cc2)cc1C.[Cl-]. The summed E-state index contributed by atoms with van der Waals surface area (Å²) in [5, 5.41) is 3.44. The molecule has 0 aliphatic carbocycles. The van der Waals surface area contributed by atoms with Crippen molar-refractivity contribution in [3.63, 3.8) is 0 Å². The van der Waals surface area contributed by atoms with Gasteiger partial charge >= 0.3 is 0 Å². The summed E-state index contributed by atoms with van der Waals surface area (Å²) in [6, 6.07) is 24.3. The normalized spacial score (nSPS) is 10.2. The Bertz CT molecular complexity index is 880. The summed E-state index contributed by atoms with van der Waals surface area (Å²) in [7, 11) is 8.29. The van der Waals surface area contributed by atoms with Crippen LogP contribution in [0.5, 0.6) is 0 Å². The van der Waals surface area contributed by atoms with Crippen LogP contribution in [0.4, 0.5) is 17.1 Å². The van der Waals surface area contributed by atoms with Gasteiger partial charge in [0.25, 0.3) is 0 Å². The van der Waals surface area contributed by atoms with E-state index in [1.807, 2.05) is 0 Å². The van der Waals surface area contributed by atoms with Crippen LogP contribution in [0.15, 0.2) is 66.7 Å².